The maximum Gasteiger partial charge on any atom is 0.416 e. The van der Waals surface area contributed by atoms with Crippen LogP contribution in [0.5, 0.6) is 0 Å². The van der Waals surface area contributed by atoms with Crippen molar-refractivity contribution in [2.75, 3.05) is 26.2 Å². The zero-order valence-electron chi connectivity index (χ0n) is 18.5. The highest BCUT2D eigenvalue weighted by molar-refractivity contribution is 5.94. The summed E-state index contributed by atoms with van der Waals surface area (Å²) in [6, 6.07) is 2.70. The van der Waals surface area contributed by atoms with Crippen LogP contribution in [0.25, 0.3) is 0 Å². The monoisotopic (exact) mass is 473 g/mol. The van der Waals surface area contributed by atoms with Crippen LogP contribution in [0, 0.1) is 5.92 Å². The molecule has 0 unspecified atom stereocenters. The van der Waals surface area contributed by atoms with Crippen LogP contribution < -0.4 is 10.6 Å². The van der Waals surface area contributed by atoms with E-state index in [1.807, 2.05) is 4.90 Å². The van der Waals surface area contributed by atoms with Crippen LogP contribution in [-0.2, 0) is 17.6 Å². The fourth-order valence-corrected chi connectivity index (χ4v) is 4.45. The molecule has 1 aromatic rings. The smallest absolute Gasteiger partial charge is 0.393 e. The summed E-state index contributed by atoms with van der Waals surface area (Å²) in [5.41, 5.74) is -1.44. The van der Waals surface area contributed by atoms with Gasteiger partial charge in [0.25, 0.3) is 5.91 Å². The zero-order valence-corrected chi connectivity index (χ0v) is 18.5. The van der Waals surface area contributed by atoms with Crippen LogP contribution in [0.3, 0.4) is 0 Å². The van der Waals surface area contributed by atoms with Gasteiger partial charge in [0.05, 0.1) is 18.2 Å². The summed E-state index contributed by atoms with van der Waals surface area (Å²) in [6.07, 6.45) is -0.437. The van der Waals surface area contributed by atoms with E-state index in [1.165, 1.54) is 0 Å². The molecule has 2 fully saturated rings. The lowest BCUT2D eigenvalue weighted by Gasteiger charge is -2.32. The molecule has 3 N–H and O–H groups in total. The van der Waals surface area contributed by atoms with Gasteiger partial charge in [-0.25, -0.2) is 4.39 Å². The quantitative estimate of drug-likeness (QED) is 0.532. The number of nitrogens with one attached hydrogen (secondary N) is 2. The first-order valence-electron chi connectivity index (χ1n) is 11.4. The molecule has 1 aliphatic carbocycles. The fraction of sp³-hybridized carbons (Fsp3) is 0.652. The SMILES string of the molecule is O=C(CN1CCC(CNC(=O)c2cc(CF)cc(C(F)(F)F)c2)CC1)NC1CCC(O)CC1. The average molecular weight is 474 g/mol. The van der Waals surface area contributed by atoms with Crippen molar-refractivity contribution in [3.05, 3.63) is 34.9 Å². The van der Waals surface area contributed by atoms with Gasteiger partial charge in [0.2, 0.25) is 5.91 Å². The second-order valence-corrected chi connectivity index (χ2v) is 9.05. The number of amides is 2. The number of likely N-dealkylation sites (tertiary alicyclic amines) is 1. The second kappa shape index (κ2) is 11.3. The van der Waals surface area contributed by atoms with Crippen molar-refractivity contribution in [2.24, 2.45) is 5.92 Å². The Morgan fingerprint density at radius 2 is 1.70 bits per heavy atom. The molecule has 0 atom stereocenters. The molecule has 2 amide bonds. The van der Waals surface area contributed by atoms with Gasteiger partial charge in [0.15, 0.2) is 0 Å². The number of benzene rings is 1. The summed E-state index contributed by atoms with van der Waals surface area (Å²) < 4.78 is 51.9. The minimum absolute atomic E-state index is 0.0312. The van der Waals surface area contributed by atoms with Crippen molar-refractivity contribution in [2.45, 2.75) is 63.5 Å². The third kappa shape index (κ3) is 7.67. The zero-order chi connectivity index (χ0) is 24.0. The molecule has 1 saturated heterocycles. The molecule has 0 bridgehead atoms. The van der Waals surface area contributed by atoms with Crippen molar-refractivity contribution < 1.29 is 32.3 Å². The number of nitrogens with zero attached hydrogens (tertiary/aromatic N) is 1. The largest absolute Gasteiger partial charge is 0.416 e. The van der Waals surface area contributed by atoms with E-state index in [-0.39, 0.29) is 35.1 Å². The van der Waals surface area contributed by atoms with Gasteiger partial charge in [-0.05, 0) is 81.3 Å². The molecule has 3 rings (SSSR count). The Labute approximate surface area is 190 Å². The maximum absolute atomic E-state index is 13.0. The number of hydrogen-bond donors (Lipinski definition) is 3. The molecule has 1 heterocycles. The van der Waals surface area contributed by atoms with Crippen LogP contribution >= 0.6 is 0 Å². The van der Waals surface area contributed by atoms with Crippen molar-refractivity contribution in [3.8, 4) is 0 Å². The minimum Gasteiger partial charge on any atom is -0.393 e. The number of aliphatic hydroxyl groups is 1. The lowest BCUT2D eigenvalue weighted by molar-refractivity contribution is -0.137. The van der Waals surface area contributed by atoms with Gasteiger partial charge in [-0.15, -0.1) is 0 Å². The molecule has 33 heavy (non-hydrogen) atoms. The Morgan fingerprint density at radius 3 is 2.30 bits per heavy atom. The van der Waals surface area contributed by atoms with Gasteiger partial charge in [0, 0.05) is 18.2 Å². The van der Waals surface area contributed by atoms with Crippen LogP contribution in [0.2, 0.25) is 0 Å². The molecule has 10 heteroatoms. The van der Waals surface area contributed by atoms with Crippen molar-refractivity contribution in [1.82, 2.24) is 15.5 Å². The third-order valence-corrected chi connectivity index (χ3v) is 6.42. The lowest BCUT2D eigenvalue weighted by atomic mass is 9.93. The molecule has 0 radical (unpaired) electrons. The first-order chi connectivity index (χ1) is 15.6. The summed E-state index contributed by atoms with van der Waals surface area (Å²) in [4.78, 5) is 26.7. The Hall–Kier alpha value is -2.20. The molecule has 1 saturated carbocycles. The standard InChI is InChI=1S/C23H31F4N3O3/c24-12-16-9-17(11-18(10-16)23(25,26)27)22(33)28-13-15-5-7-30(8-6-15)14-21(32)29-19-1-3-20(31)4-2-19/h9-11,15,19-20,31H,1-8,12-14H2,(H,28,33)(H,29,32). The van der Waals surface area contributed by atoms with Crippen LogP contribution in [-0.4, -0.2) is 60.1 Å². The van der Waals surface area contributed by atoms with Crippen molar-refractivity contribution in [3.63, 3.8) is 0 Å². The number of hydrogen-bond acceptors (Lipinski definition) is 4. The van der Waals surface area contributed by atoms with Crippen LogP contribution in [0.1, 0.15) is 60.0 Å². The van der Waals surface area contributed by atoms with Gasteiger partial charge in [-0.3, -0.25) is 14.5 Å². The Bertz CT molecular complexity index is 818. The number of carbonyl (C=O) groups excluding carboxylic acids is 2. The van der Waals surface area contributed by atoms with E-state index in [1.54, 1.807) is 0 Å². The Kier molecular flexibility index (Phi) is 8.69. The molecule has 2 aliphatic rings. The number of carbonyl (C=O) groups is 2. The molecule has 1 aliphatic heterocycles. The number of aliphatic hydroxyl groups excluding tert-OH is 1. The first-order valence-corrected chi connectivity index (χ1v) is 11.4. The highest BCUT2D eigenvalue weighted by Crippen LogP contribution is 2.31. The highest BCUT2D eigenvalue weighted by atomic mass is 19.4. The molecule has 1 aromatic carbocycles. The van der Waals surface area contributed by atoms with Gasteiger partial charge in [0.1, 0.15) is 6.67 Å². The molecule has 0 spiro atoms. The van der Waals surface area contributed by atoms with Crippen molar-refractivity contribution in [1.29, 1.82) is 0 Å². The number of rotatable bonds is 7. The predicted octanol–water partition coefficient (Wildman–Crippen LogP) is 3.04. The third-order valence-electron chi connectivity index (χ3n) is 6.42. The van der Waals surface area contributed by atoms with E-state index in [0.29, 0.717) is 45.1 Å². The summed E-state index contributed by atoms with van der Waals surface area (Å²) in [5.74, 6) is -0.536. The summed E-state index contributed by atoms with van der Waals surface area (Å²) >= 11 is 0. The van der Waals surface area contributed by atoms with Gasteiger partial charge in [-0.1, -0.05) is 0 Å². The normalized spacial score (nSPS) is 22.7. The van der Waals surface area contributed by atoms with E-state index in [2.05, 4.69) is 10.6 Å². The van der Waals surface area contributed by atoms with E-state index in [9.17, 15) is 32.3 Å². The fourth-order valence-electron chi connectivity index (χ4n) is 4.45. The van der Waals surface area contributed by atoms with Crippen LogP contribution in [0.15, 0.2) is 18.2 Å². The van der Waals surface area contributed by atoms with Gasteiger partial charge >= 0.3 is 6.18 Å². The Balaban J connectivity index is 1.41. The second-order valence-electron chi connectivity index (χ2n) is 9.05. The predicted molar refractivity (Wildman–Crippen MR) is 114 cm³/mol. The van der Waals surface area contributed by atoms with E-state index >= 15 is 0 Å². The molecule has 6 nitrogen and oxygen atoms in total. The highest BCUT2D eigenvalue weighted by Gasteiger charge is 2.32. The van der Waals surface area contributed by atoms with Crippen LogP contribution in [0.4, 0.5) is 17.6 Å². The molecular formula is C23H31F4N3O3. The number of piperidine rings is 1. The summed E-state index contributed by atoms with van der Waals surface area (Å²) in [5, 5.41) is 15.2. The van der Waals surface area contributed by atoms with Gasteiger partial charge in [-0.2, -0.15) is 13.2 Å². The summed E-state index contributed by atoms with van der Waals surface area (Å²) in [6.45, 7) is 0.900. The Morgan fingerprint density at radius 1 is 1.03 bits per heavy atom. The van der Waals surface area contributed by atoms with E-state index in [0.717, 1.165) is 37.8 Å². The van der Waals surface area contributed by atoms with Crippen molar-refractivity contribution >= 4 is 11.8 Å². The average Bonchev–Trinajstić information content (AvgIpc) is 2.79. The topological polar surface area (TPSA) is 81.7 Å². The minimum atomic E-state index is -4.66. The number of alkyl halides is 4. The number of halogens is 4. The molecular weight excluding hydrogens is 442 g/mol. The maximum atomic E-state index is 13.0. The molecule has 0 aromatic heterocycles. The van der Waals surface area contributed by atoms with E-state index in [4.69, 9.17) is 0 Å². The van der Waals surface area contributed by atoms with Gasteiger partial charge < -0.3 is 15.7 Å². The summed E-state index contributed by atoms with van der Waals surface area (Å²) in [7, 11) is 0. The molecule has 184 valence electrons. The first kappa shape index (κ1) is 25.4. The van der Waals surface area contributed by atoms with E-state index < -0.39 is 24.3 Å². The lowest BCUT2D eigenvalue weighted by Crippen LogP contribution is -2.46.